The molecule has 1 aromatic carbocycles. The van der Waals surface area contributed by atoms with Gasteiger partial charge in [-0.05, 0) is 24.6 Å². The molecule has 0 radical (unpaired) electrons. The Kier molecular flexibility index (Phi) is 4.96. The van der Waals surface area contributed by atoms with Gasteiger partial charge >= 0.3 is 0 Å². The molecule has 0 saturated carbocycles. The fourth-order valence-electron chi connectivity index (χ4n) is 2.81. The number of nitrogens with zero attached hydrogens (tertiary/aromatic N) is 4. The van der Waals surface area contributed by atoms with Gasteiger partial charge < -0.3 is 4.90 Å². The van der Waals surface area contributed by atoms with Gasteiger partial charge in [-0.2, -0.15) is 0 Å². The van der Waals surface area contributed by atoms with Crippen molar-refractivity contribution in [2.45, 2.75) is 13.0 Å². The number of hydrogen-bond donors (Lipinski definition) is 0. The normalized spacial score (nSPS) is 17.5. The lowest BCUT2D eigenvalue weighted by atomic mass is 10.1. The molecule has 0 bridgehead atoms. The summed E-state index contributed by atoms with van der Waals surface area (Å²) in [7, 11) is 0. The zero-order valence-corrected chi connectivity index (χ0v) is 14.8. The number of hydrogen-bond acceptors (Lipinski definition) is 4. The molecular formula is C16H18BrClN4. The predicted octanol–water partition coefficient (Wildman–Crippen LogP) is 3.78. The van der Waals surface area contributed by atoms with Crippen molar-refractivity contribution in [3.63, 3.8) is 0 Å². The van der Waals surface area contributed by atoms with Crippen molar-refractivity contribution >= 4 is 33.3 Å². The lowest BCUT2D eigenvalue weighted by molar-refractivity contribution is 0.198. The highest BCUT2D eigenvalue weighted by Crippen LogP contribution is 2.26. The fourth-order valence-corrected chi connectivity index (χ4v) is 3.30. The highest BCUT2D eigenvalue weighted by molar-refractivity contribution is 9.10. The second kappa shape index (κ2) is 6.94. The maximum absolute atomic E-state index is 6.18. The molecule has 2 heterocycles. The van der Waals surface area contributed by atoms with Crippen LogP contribution in [0.15, 0.2) is 41.3 Å². The third kappa shape index (κ3) is 3.42. The van der Waals surface area contributed by atoms with Crippen LogP contribution >= 0.6 is 27.5 Å². The third-order valence-corrected chi connectivity index (χ3v) is 4.96. The van der Waals surface area contributed by atoms with E-state index in [9.17, 15) is 0 Å². The van der Waals surface area contributed by atoms with Gasteiger partial charge in [0.15, 0.2) is 5.82 Å². The minimum absolute atomic E-state index is 0.413. The molecule has 2 aromatic rings. The summed E-state index contributed by atoms with van der Waals surface area (Å²) < 4.78 is 1.12. The Morgan fingerprint density at radius 1 is 1.14 bits per heavy atom. The lowest BCUT2D eigenvalue weighted by Gasteiger charge is -2.38. The van der Waals surface area contributed by atoms with Gasteiger partial charge in [-0.3, -0.25) is 4.90 Å². The first-order valence-corrected chi connectivity index (χ1v) is 8.52. The van der Waals surface area contributed by atoms with Crippen LogP contribution in [-0.4, -0.2) is 41.0 Å². The predicted molar refractivity (Wildman–Crippen MR) is 93.4 cm³/mol. The Bertz CT molecular complexity index is 626. The van der Waals surface area contributed by atoms with Crippen LogP contribution in [0.1, 0.15) is 18.5 Å². The Morgan fingerprint density at radius 2 is 1.82 bits per heavy atom. The van der Waals surface area contributed by atoms with Crippen LogP contribution in [0.3, 0.4) is 0 Å². The van der Waals surface area contributed by atoms with Crippen molar-refractivity contribution in [2.75, 3.05) is 31.1 Å². The maximum Gasteiger partial charge on any atom is 0.150 e. The number of halogens is 2. The van der Waals surface area contributed by atoms with E-state index in [0.717, 1.165) is 36.5 Å². The van der Waals surface area contributed by atoms with Gasteiger partial charge in [-0.25, -0.2) is 9.97 Å². The molecule has 22 heavy (non-hydrogen) atoms. The molecule has 4 nitrogen and oxygen atoms in total. The molecule has 1 aliphatic heterocycles. The molecule has 0 amide bonds. The van der Waals surface area contributed by atoms with Gasteiger partial charge in [0.25, 0.3) is 0 Å². The number of aromatic nitrogens is 2. The molecule has 1 aromatic heterocycles. The zero-order valence-electron chi connectivity index (χ0n) is 12.4. The second-order valence-corrected chi connectivity index (χ2v) is 6.77. The van der Waals surface area contributed by atoms with Crippen LogP contribution < -0.4 is 4.90 Å². The fraction of sp³-hybridized carbons (Fsp3) is 0.375. The molecule has 1 aliphatic rings. The smallest absolute Gasteiger partial charge is 0.150 e. The van der Waals surface area contributed by atoms with E-state index in [-0.39, 0.29) is 0 Å². The van der Waals surface area contributed by atoms with Crippen molar-refractivity contribution in [3.8, 4) is 0 Å². The van der Waals surface area contributed by atoms with Crippen LogP contribution in [-0.2, 0) is 0 Å². The first-order chi connectivity index (χ1) is 10.6. The first kappa shape index (κ1) is 15.7. The van der Waals surface area contributed by atoms with E-state index in [2.05, 4.69) is 66.9 Å². The summed E-state index contributed by atoms with van der Waals surface area (Å²) >= 11 is 9.67. The molecule has 1 unspecified atom stereocenters. The number of benzene rings is 1. The number of piperazine rings is 1. The van der Waals surface area contributed by atoms with E-state index in [0.29, 0.717) is 11.1 Å². The van der Waals surface area contributed by atoms with Gasteiger partial charge in [-0.15, -0.1) is 0 Å². The molecule has 116 valence electrons. The average molecular weight is 382 g/mol. The van der Waals surface area contributed by atoms with E-state index >= 15 is 0 Å². The molecule has 3 rings (SSSR count). The van der Waals surface area contributed by atoms with Crippen LogP contribution in [0, 0.1) is 0 Å². The summed E-state index contributed by atoms with van der Waals surface area (Å²) in [6.45, 7) is 6.11. The lowest BCUT2D eigenvalue weighted by Crippen LogP contribution is -2.47. The summed E-state index contributed by atoms with van der Waals surface area (Å²) in [5.74, 6) is 0.840. The van der Waals surface area contributed by atoms with E-state index in [1.54, 1.807) is 12.5 Å². The summed E-state index contributed by atoms with van der Waals surface area (Å²) in [6, 6.07) is 8.98. The van der Waals surface area contributed by atoms with E-state index in [1.807, 2.05) is 0 Å². The molecular weight excluding hydrogens is 364 g/mol. The largest absolute Gasteiger partial charge is 0.353 e. The highest BCUT2D eigenvalue weighted by atomic mass is 79.9. The molecule has 0 aliphatic carbocycles. The van der Waals surface area contributed by atoms with Crippen molar-refractivity contribution in [1.82, 2.24) is 14.9 Å². The van der Waals surface area contributed by atoms with Gasteiger partial charge in [0.1, 0.15) is 11.3 Å². The van der Waals surface area contributed by atoms with Crippen LogP contribution in [0.2, 0.25) is 5.02 Å². The summed E-state index contributed by atoms with van der Waals surface area (Å²) in [5, 5.41) is 0.622. The molecule has 1 fully saturated rings. The first-order valence-electron chi connectivity index (χ1n) is 7.35. The SMILES string of the molecule is CC(c1ccc(Br)cc1)N1CCN(c2ncncc2Cl)CC1. The van der Waals surface area contributed by atoms with E-state index in [1.165, 1.54) is 5.56 Å². The summed E-state index contributed by atoms with van der Waals surface area (Å²) in [5.41, 5.74) is 1.34. The monoisotopic (exact) mass is 380 g/mol. The Labute approximate surface area is 144 Å². The Balaban J connectivity index is 1.64. The van der Waals surface area contributed by atoms with Crippen molar-refractivity contribution in [2.24, 2.45) is 0 Å². The van der Waals surface area contributed by atoms with Crippen molar-refractivity contribution in [3.05, 3.63) is 51.8 Å². The topological polar surface area (TPSA) is 32.3 Å². The summed E-state index contributed by atoms with van der Waals surface area (Å²) in [4.78, 5) is 13.0. The molecule has 6 heteroatoms. The van der Waals surface area contributed by atoms with Crippen LogP contribution in [0.4, 0.5) is 5.82 Å². The minimum Gasteiger partial charge on any atom is -0.353 e. The maximum atomic E-state index is 6.18. The van der Waals surface area contributed by atoms with Crippen molar-refractivity contribution in [1.29, 1.82) is 0 Å². The van der Waals surface area contributed by atoms with Gasteiger partial charge in [0, 0.05) is 36.7 Å². The Hall–Kier alpha value is -1.17. The van der Waals surface area contributed by atoms with Crippen LogP contribution in [0.25, 0.3) is 0 Å². The van der Waals surface area contributed by atoms with Gasteiger partial charge in [-0.1, -0.05) is 39.7 Å². The van der Waals surface area contributed by atoms with Crippen LogP contribution in [0.5, 0.6) is 0 Å². The molecule has 0 spiro atoms. The minimum atomic E-state index is 0.413. The third-order valence-electron chi connectivity index (χ3n) is 4.16. The number of anilines is 1. The van der Waals surface area contributed by atoms with E-state index in [4.69, 9.17) is 11.6 Å². The highest BCUT2D eigenvalue weighted by Gasteiger charge is 2.23. The second-order valence-electron chi connectivity index (χ2n) is 5.44. The number of rotatable bonds is 3. The molecule has 1 atom stereocenters. The van der Waals surface area contributed by atoms with Gasteiger partial charge in [0.05, 0.1) is 6.20 Å². The van der Waals surface area contributed by atoms with E-state index < -0.39 is 0 Å². The molecule has 0 N–H and O–H groups in total. The van der Waals surface area contributed by atoms with Crippen molar-refractivity contribution < 1.29 is 0 Å². The zero-order chi connectivity index (χ0) is 15.5. The summed E-state index contributed by atoms with van der Waals surface area (Å²) in [6.07, 6.45) is 3.21. The average Bonchev–Trinajstić information content (AvgIpc) is 2.56. The van der Waals surface area contributed by atoms with Gasteiger partial charge in [0.2, 0.25) is 0 Å². The Morgan fingerprint density at radius 3 is 2.45 bits per heavy atom. The quantitative estimate of drug-likeness (QED) is 0.810. The standard InChI is InChI=1S/C16H18BrClN4/c1-12(13-2-4-14(17)5-3-13)21-6-8-22(9-7-21)16-15(18)10-19-11-20-16/h2-5,10-12H,6-9H2,1H3. The molecule has 1 saturated heterocycles.